The van der Waals surface area contributed by atoms with Crippen LogP contribution in [0.25, 0.3) is 21.5 Å². The summed E-state index contributed by atoms with van der Waals surface area (Å²) in [5.41, 5.74) is 3.17. The van der Waals surface area contributed by atoms with Gasteiger partial charge in [-0.05, 0) is 70.5 Å². The normalized spacial score (nSPS) is 14.9. The Balaban J connectivity index is 0.000000224. The fourth-order valence-corrected chi connectivity index (χ4v) is 3.69. The number of fused-ring (bicyclic) bond motifs is 5. The molecule has 0 spiro atoms. The topological polar surface area (TPSA) is 9.23 Å². The summed E-state index contributed by atoms with van der Waals surface area (Å²) in [7, 11) is 0. The summed E-state index contributed by atoms with van der Waals surface area (Å²) in [6.45, 7) is 0.733. The number of allylic oxidation sites excluding steroid dienone is 2. The van der Waals surface area contributed by atoms with Gasteiger partial charge in [0, 0.05) is 0 Å². The Hall–Kier alpha value is -2.25. The summed E-state index contributed by atoms with van der Waals surface area (Å²) < 4.78 is 4.80. The Morgan fingerprint density at radius 2 is 1.56 bits per heavy atom. The molecular weight excluding hydrogens is 328 g/mol. The molecule has 0 amide bonds. The van der Waals surface area contributed by atoms with Crippen LogP contribution in [0.2, 0.25) is 0 Å². The first-order chi connectivity index (χ1) is 11.9. The molecule has 1 aliphatic carbocycles. The standard InChI is InChI=1S/C18H16.C5H6O.ClH/c1-3-7-15-13(5-1)9-11-18-16-8-4-2-6-14(16)10-12-17(15)18;1-2-4-6-5-3-1;/h1,3,5,7,9-12H,2,4,6,8H2;1-4H,5H2;1H. The Labute approximate surface area is 155 Å². The highest BCUT2D eigenvalue weighted by atomic mass is 35.5. The predicted molar refractivity (Wildman–Crippen MR) is 110 cm³/mol. The van der Waals surface area contributed by atoms with E-state index in [1.165, 1.54) is 47.2 Å². The molecule has 128 valence electrons. The molecule has 0 fully saturated rings. The molecular formula is C23H23ClO. The van der Waals surface area contributed by atoms with Crippen molar-refractivity contribution in [3.05, 3.63) is 84.1 Å². The molecule has 25 heavy (non-hydrogen) atoms. The van der Waals surface area contributed by atoms with Gasteiger partial charge in [0.05, 0.1) is 6.26 Å². The van der Waals surface area contributed by atoms with Gasteiger partial charge in [0.25, 0.3) is 0 Å². The van der Waals surface area contributed by atoms with Crippen molar-refractivity contribution >= 4 is 34.0 Å². The first-order valence-electron chi connectivity index (χ1n) is 8.79. The molecule has 0 unspecified atom stereocenters. The van der Waals surface area contributed by atoms with Gasteiger partial charge >= 0.3 is 0 Å². The summed E-state index contributed by atoms with van der Waals surface area (Å²) in [5, 5.41) is 5.64. The molecule has 3 aromatic carbocycles. The minimum atomic E-state index is 0. The highest BCUT2D eigenvalue weighted by Gasteiger charge is 2.13. The van der Waals surface area contributed by atoms with Gasteiger partial charge in [0.1, 0.15) is 6.61 Å². The second-order valence-corrected chi connectivity index (χ2v) is 6.38. The largest absolute Gasteiger partial charge is 0.497 e. The van der Waals surface area contributed by atoms with E-state index in [9.17, 15) is 0 Å². The third-order valence-corrected chi connectivity index (χ3v) is 4.87. The molecule has 0 saturated heterocycles. The van der Waals surface area contributed by atoms with Crippen molar-refractivity contribution in [2.24, 2.45) is 0 Å². The van der Waals surface area contributed by atoms with Crippen LogP contribution in [-0.2, 0) is 17.6 Å². The summed E-state index contributed by atoms with van der Waals surface area (Å²) in [4.78, 5) is 0. The van der Waals surface area contributed by atoms with Crippen LogP contribution in [0.5, 0.6) is 0 Å². The minimum Gasteiger partial charge on any atom is -0.497 e. The fraction of sp³-hybridized carbons (Fsp3) is 0.217. The first-order valence-corrected chi connectivity index (χ1v) is 8.79. The molecule has 1 aliphatic heterocycles. The summed E-state index contributed by atoms with van der Waals surface area (Å²) in [6.07, 6.45) is 12.7. The van der Waals surface area contributed by atoms with Gasteiger partial charge in [0.15, 0.2) is 0 Å². The molecule has 0 N–H and O–H groups in total. The van der Waals surface area contributed by atoms with Crippen LogP contribution in [0.4, 0.5) is 0 Å². The number of benzene rings is 3. The maximum Gasteiger partial charge on any atom is 0.106 e. The highest BCUT2D eigenvalue weighted by Crippen LogP contribution is 2.33. The second kappa shape index (κ2) is 8.22. The van der Waals surface area contributed by atoms with Gasteiger partial charge in [0.2, 0.25) is 0 Å². The zero-order chi connectivity index (χ0) is 16.2. The van der Waals surface area contributed by atoms with E-state index in [0.717, 1.165) is 6.61 Å². The third-order valence-electron chi connectivity index (χ3n) is 4.87. The monoisotopic (exact) mass is 350 g/mol. The van der Waals surface area contributed by atoms with Crippen LogP contribution < -0.4 is 0 Å². The number of hydrogen-bond acceptors (Lipinski definition) is 1. The summed E-state index contributed by atoms with van der Waals surface area (Å²) >= 11 is 0. The van der Waals surface area contributed by atoms with Gasteiger partial charge in [-0.3, -0.25) is 0 Å². The molecule has 2 heteroatoms. The Morgan fingerprint density at radius 3 is 2.32 bits per heavy atom. The van der Waals surface area contributed by atoms with Gasteiger partial charge in [-0.2, -0.15) is 0 Å². The van der Waals surface area contributed by atoms with Crippen molar-refractivity contribution < 1.29 is 4.74 Å². The van der Waals surface area contributed by atoms with E-state index >= 15 is 0 Å². The average molecular weight is 351 g/mol. The van der Waals surface area contributed by atoms with E-state index in [2.05, 4.69) is 48.5 Å². The third kappa shape index (κ3) is 3.72. The van der Waals surface area contributed by atoms with E-state index in [1.807, 2.05) is 18.2 Å². The lowest BCUT2D eigenvalue weighted by molar-refractivity contribution is 0.286. The number of ether oxygens (including phenoxy) is 1. The molecule has 0 aromatic heterocycles. The fourth-order valence-electron chi connectivity index (χ4n) is 3.69. The van der Waals surface area contributed by atoms with E-state index in [4.69, 9.17) is 4.74 Å². The zero-order valence-corrected chi connectivity index (χ0v) is 15.1. The quantitative estimate of drug-likeness (QED) is 0.427. The number of rotatable bonds is 0. The number of aryl methyl sites for hydroxylation is 2. The van der Waals surface area contributed by atoms with Crippen molar-refractivity contribution in [1.82, 2.24) is 0 Å². The van der Waals surface area contributed by atoms with E-state index in [0.29, 0.717) is 0 Å². The Bertz CT molecular complexity index is 912. The summed E-state index contributed by atoms with van der Waals surface area (Å²) in [6, 6.07) is 18.0. The number of hydrogen-bond donors (Lipinski definition) is 0. The lowest BCUT2D eigenvalue weighted by Crippen LogP contribution is -2.02. The van der Waals surface area contributed by atoms with Crippen molar-refractivity contribution in [3.8, 4) is 0 Å². The number of halogens is 1. The van der Waals surface area contributed by atoms with Crippen molar-refractivity contribution in [3.63, 3.8) is 0 Å². The molecule has 2 aliphatic rings. The molecule has 0 radical (unpaired) electrons. The SMILES string of the molecule is C1=CCOC=C1.Cl.c1ccc2c(c1)ccc1c3c(ccc12)CCCC3. The average Bonchev–Trinajstić information content (AvgIpc) is 2.69. The first kappa shape index (κ1) is 17.6. The Kier molecular flexibility index (Phi) is 5.78. The zero-order valence-electron chi connectivity index (χ0n) is 14.3. The minimum absolute atomic E-state index is 0. The molecule has 3 aromatic rings. The molecule has 1 nitrogen and oxygen atoms in total. The van der Waals surface area contributed by atoms with Crippen molar-refractivity contribution in [1.29, 1.82) is 0 Å². The molecule has 0 bridgehead atoms. The van der Waals surface area contributed by atoms with Gasteiger partial charge < -0.3 is 4.74 Å². The maximum atomic E-state index is 4.80. The van der Waals surface area contributed by atoms with Crippen LogP contribution in [0, 0.1) is 0 Å². The predicted octanol–water partition coefficient (Wildman–Crippen LogP) is 6.38. The second-order valence-electron chi connectivity index (χ2n) is 6.38. The smallest absolute Gasteiger partial charge is 0.106 e. The lowest BCUT2D eigenvalue weighted by Gasteiger charge is -2.18. The summed E-state index contributed by atoms with van der Waals surface area (Å²) in [5.74, 6) is 0. The lowest BCUT2D eigenvalue weighted by atomic mass is 9.86. The molecule has 1 heterocycles. The van der Waals surface area contributed by atoms with Crippen molar-refractivity contribution in [2.75, 3.05) is 6.61 Å². The van der Waals surface area contributed by atoms with Crippen molar-refractivity contribution in [2.45, 2.75) is 25.7 Å². The molecule has 0 saturated carbocycles. The molecule has 0 atom stereocenters. The Morgan fingerprint density at radius 1 is 0.720 bits per heavy atom. The van der Waals surface area contributed by atoms with Crippen LogP contribution >= 0.6 is 12.4 Å². The van der Waals surface area contributed by atoms with Gasteiger partial charge in [-0.15, -0.1) is 12.4 Å². The van der Waals surface area contributed by atoms with E-state index in [-0.39, 0.29) is 12.4 Å². The molecule has 5 rings (SSSR count). The van der Waals surface area contributed by atoms with Gasteiger partial charge in [-0.1, -0.05) is 54.6 Å². The van der Waals surface area contributed by atoms with E-state index in [1.54, 1.807) is 17.4 Å². The van der Waals surface area contributed by atoms with Gasteiger partial charge in [-0.25, -0.2) is 0 Å². The van der Waals surface area contributed by atoms with Crippen LogP contribution in [0.15, 0.2) is 73.0 Å². The highest BCUT2D eigenvalue weighted by molar-refractivity contribution is 6.08. The van der Waals surface area contributed by atoms with Crippen LogP contribution in [0.3, 0.4) is 0 Å². The maximum absolute atomic E-state index is 4.80. The van der Waals surface area contributed by atoms with Crippen LogP contribution in [0.1, 0.15) is 24.0 Å². The van der Waals surface area contributed by atoms with E-state index < -0.39 is 0 Å². The van der Waals surface area contributed by atoms with Crippen LogP contribution in [-0.4, -0.2) is 6.61 Å².